The van der Waals surface area contributed by atoms with E-state index in [1.165, 1.54) is 6.07 Å². The summed E-state index contributed by atoms with van der Waals surface area (Å²) in [5.74, 6) is 5.17. The maximum atomic E-state index is 13.0. The highest BCUT2D eigenvalue weighted by Gasteiger charge is 2.09. The second-order valence-corrected chi connectivity index (χ2v) is 4.04. The Morgan fingerprint density at radius 1 is 1.57 bits per heavy atom. The minimum atomic E-state index is -0.249. The number of hydrogen-bond donors (Lipinski definition) is 2. The standard InChI is InChI=1S/C10H14BrFN2/c1-2-3-10(14-13)7-4-5-9(12)8(11)6-7/h4-6,10,14H,2-3,13H2,1H3. The highest BCUT2D eigenvalue weighted by molar-refractivity contribution is 9.10. The van der Waals surface area contributed by atoms with Gasteiger partial charge in [0.05, 0.1) is 4.47 Å². The first-order valence-corrected chi connectivity index (χ1v) is 5.39. The minimum Gasteiger partial charge on any atom is -0.271 e. The molecule has 1 aromatic carbocycles. The van der Waals surface area contributed by atoms with Gasteiger partial charge >= 0.3 is 0 Å². The fourth-order valence-electron chi connectivity index (χ4n) is 1.36. The molecule has 0 saturated carbocycles. The van der Waals surface area contributed by atoms with E-state index in [1.54, 1.807) is 12.1 Å². The summed E-state index contributed by atoms with van der Waals surface area (Å²) in [6, 6.07) is 5.05. The fraction of sp³-hybridized carbons (Fsp3) is 0.400. The molecule has 0 aliphatic rings. The Hall–Kier alpha value is -0.450. The Kier molecular flexibility index (Phi) is 4.51. The quantitative estimate of drug-likeness (QED) is 0.646. The summed E-state index contributed by atoms with van der Waals surface area (Å²) < 4.78 is 13.4. The maximum absolute atomic E-state index is 13.0. The molecule has 1 rings (SSSR count). The molecule has 0 saturated heterocycles. The Labute approximate surface area is 91.8 Å². The summed E-state index contributed by atoms with van der Waals surface area (Å²) >= 11 is 3.15. The molecule has 0 heterocycles. The number of nitrogens with two attached hydrogens (primary N) is 1. The van der Waals surface area contributed by atoms with E-state index in [0.717, 1.165) is 18.4 Å². The topological polar surface area (TPSA) is 38.0 Å². The average molecular weight is 261 g/mol. The molecule has 4 heteroatoms. The van der Waals surface area contributed by atoms with Crippen LogP contribution in [0, 0.1) is 5.82 Å². The summed E-state index contributed by atoms with van der Waals surface area (Å²) in [4.78, 5) is 0. The Morgan fingerprint density at radius 2 is 2.29 bits per heavy atom. The van der Waals surface area contributed by atoms with Gasteiger partial charge in [-0.25, -0.2) is 4.39 Å². The number of rotatable bonds is 4. The van der Waals surface area contributed by atoms with Crippen LogP contribution in [0.1, 0.15) is 31.4 Å². The smallest absolute Gasteiger partial charge is 0.137 e. The van der Waals surface area contributed by atoms with Crippen molar-refractivity contribution in [2.24, 2.45) is 5.84 Å². The van der Waals surface area contributed by atoms with Gasteiger partial charge in [-0.3, -0.25) is 11.3 Å². The molecule has 0 spiro atoms. The van der Waals surface area contributed by atoms with E-state index >= 15 is 0 Å². The van der Waals surface area contributed by atoms with Crippen molar-refractivity contribution in [2.75, 3.05) is 0 Å². The third-order valence-electron chi connectivity index (χ3n) is 2.12. The van der Waals surface area contributed by atoms with Crippen LogP contribution >= 0.6 is 15.9 Å². The highest BCUT2D eigenvalue weighted by Crippen LogP contribution is 2.23. The summed E-state index contributed by atoms with van der Waals surface area (Å²) in [7, 11) is 0. The minimum absolute atomic E-state index is 0.0944. The van der Waals surface area contributed by atoms with Crippen molar-refractivity contribution in [3.05, 3.63) is 34.1 Å². The predicted molar refractivity (Wildman–Crippen MR) is 59.1 cm³/mol. The number of nitrogens with one attached hydrogen (secondary N) is 1. The van der Waals surface area contributed by atoms with Crippen LogP contribution in [0.15, 0.2) is 22.7 Å². The molecule has 0 radical (unpaired) electrons. The van der Waals surface area contributed by atoms with Crippen molar-refractivity contribution in [1.29, 1.82) is 0 Å². The summed E-state index contributed by atoms with van der Waals surface area (Å²) in [6.07, 6.45) is 1.97. The molecule has 2 nitrogen and oxygen atoms in total. The largest absolute Gasteiger partial charge is 0.271 e. The summed E-state index contributed by atoms with van der Waals surface area (Å²) in [6.45, 7) is 2.09. The van der Waals surface area contributed by atoms with Crippen LogP contribution in [-0.2, 0) is 0 Å². The molecular formula is C10H14BrFN2. The summed E-state index contributed by atoms with van der Waals surface area (Å²) in [5, 5.41) is 0. The van der Waals surface area contributed by atoms with Crippen LogP contribution < -0.4 is 11.3 Å². The normalized spacial score (nSPS) is 12.9. The zero-order chi connectivity index (χ0) is 10.6. The predicted octanol–water partition coefficient (Wildman–Crippen LogP) is 2.89. The van der Waals surface area contributed by atoms with E-state index in [0.29, 0.717) is 4.47 Å². The van der Waals surface area contributed by atoms with Crippen molar-refractivity contribution in [2.45, 2.75) is 25.8 Å². The van der Waals surface area contributed by atoms with Gasteiger partial charge in [-0.2, -0.15) is 0 Å². The first kappa shape index (κ1) is 11.6. The molecule has 0 aromatic heterocycles. The van der Waals surface area contributed by atoms with E-state index in [2.05, 4.69) is 28.3 Å². The molecule has 1 atom stereocenters. The van der Waals surface area contributed by atoms with E-state index in [4.69, 9.17) is 5.84 Å². The van der Waals surface area contributed by atoms with E-state index in [1.807, 2.05) is 0 Å². The second-order valence-electron chi connectivity index (χ2n) is 3.18. The van der Waals surface area contributed by atoms with Gasteiger partial charge in [0.2, 0.25) is 0 Å². The van der Waals surface area contributed by atoms with Crippen LogP contribution in [0.25, 0.3) is 0 Å². The van der Waals surface area contributed by atoms with Crippen molar-refractivity contribution >= 4 is 15.9 Å². The van der Waals surface area contributed by atoms with Crippen LogP contribution in [-0.4, -0.2) is 0 Å². The van der Waals surface area contributed by atoms with Crippen molar-refractivity contribution in [1.82, 2.24) is 5.43 Å². The number of halogens is 2. The Morgan fingerprint density at radius 3 is 2.79 bits per heavy atom. The van der Waals surface area contributed by atoms with Crippen LogP contribution in [0.4, 0.5) is 4.39 Å². The Bertz CT molecular complexity index is 304. The number of hydrogen-bond acceptors (Lipinski definition) is 2. The van der Waals surface area contributed by atoms with Gasteiger partial charge in [0.15, 0.2) is 0 Å². The lowest BCUT2D eigenvalue weighted by Crippen LogP contribution is -2.27. The van der Waals surface area contributed by atoms with Gasteiger partial charge in [-0.05, 0) is 40.0 Å². The summed E-state index contributed by atoms with van der Waals surface area (Å²) in [5.41, 5.74) is 3.73. The van der Waals surface area contributed by atoms with E-state index in [-0.39, 0.29) is 11.9 Å². The van der Waals surface area contributed by atoms with Crippen molar-refractivity contribution < 1.29 is 4.39 Å². The van der Waals surface area contributed by atoms with E-state index < -0.39 is 0 Å². The third kappa shape index (κ3) is 2.77. The SMILES string of the molecule is CCCC(NN)c1ccc(F)c(Br)c1. The van der Waals surface area contributed by atoms with Crippen molar-refractivity contribution in [3.8, 4) is 0 Å². The van der Waals surface area contributed by atoms with Gasteiger partial charge in [0, 0.05) is 6.04 Å². The molecule has 0 aliphatic carbocycles. The first-order chi connectivity index (χ1) is 6.69. The average Bonchev–Trinajstić information content (AvgIpc) is 2.19. The fourth-order valence-corrected chi connectivity index (χ4v) is 1.76. The second kappa shape index (κ2) is 5.44. The molecule has 1 unspecified atom stereocenters. The lowest BCUT2D eigenvalue weighted by atomic mass is 10.0. The number of benzene rings is 1. The third-order valence-corrected chi connectivity index (χ3v) is 2.73. The van der Waals surface area contributed by atoms with E-state index in [9.17, 15) is 4.39 Å². The van der Waals surface area contributed by atoms with Crippen LogP contribution in [0.2, 0.25) is 0 Å². The number of hydrazine groups is 1. The molecular weight excluding hydrogens is 247 g/mol. The molecule has 0 fully saturated rings. The van der Waals surface area contributed by atoms with Gasteiger partial charge in [-0.15, -0.1) is 0 Å². The van der Waals surface area contributed by atoms with Crippen LogP contribution in [0.3, 0.4) is 0 Å². The molecule has 0 aliphatic heterocycles. The van der Waals surface area contributed by atoms with Gasteiger partial charge < -0.3 is 0 Å². The zero-order valence-electron chi connectivity index (χ0n) is 8.06. The molecule has 1 aromatic rings. The monoisotopic (exact) mass is 260 g/mol. The lowest BCUT2D eigenvalue weighted by molar-refractivity contribution is 0.508. The molecule has 0 amide bonds. The first-order valence-electron chi connectivity index (χ1n) is 4.60. The van der Waals surface area contributed by atoms with Gasteiger partial charge in [-0.1, -0.05) is 19.4 Å². The Balaban J connectivity index is 2.88. The maximum Gasteiger partial charge on any atom is 0.137 e. The zero-order valence-corrected chi connectivity index (χ0v) is 9.64. The van der Waals surface area contributed by atoms with Crippen molar-refractivity contribution in [3.63, 3.8) is 0 Å². The highest BCUT2D eigenvalue weighted by atomic mass is 79.9. The molecule has 3 N–H and O–H groups in total. The van der Waals surface area contributed by atoms with Crippen LogP contribution in [0.5, 0.6) is 0 Å². The van der Waals surface area contributed by atoms with Gasteiger partial charge in [0.25, 0.3) is 0 Å². The van der Waals surface area contributed by atoms with Gasteiger partial charge in [0.1, 0.15) is 5.82 Å². The molecule has 14 heavy (non-hydrogen) atoms. The molecule has 0 bridgehead atoms. The lowest BCUT2D eigenvalue weighted by Gasteiger charge is -2.15. The molecule has 78 valence electrons.